The minimum absolute atomic E-state index is 0.198. The quantitative estimate of drug-likeness (QED) is 0.717. The highest BCUT2D eigenvalue weighted by Gasteiger charge is 2.11. The first kappa shape index (κ1) is 8.99. The first-order chi connectivity index (χ1) is 5.65. The van der Waals surface area contributed by atoms with Gasteiger partial charge in [-0.25, -0.2) is 0 Å². The molecule has 0 aliphatic rings. The maximum atomic E-state index is 5.55. The van der Waals surface area contributed by atoms with Crippen LogP contribution in [0.5, 0.6) is 0 Å². The van der Waals surface area contributed by atoms with Crippen molar-refractivity contribution in [1.82, 2.24) is 10.1 Å². The van der Waals surface area contributed by atoms with Gasteiger partial charge >= 0.3 is 0 Å². The lowest BCUT2D eigenvalue weighted by Crippen LogP contribution is -2.17. The summed E-state index contributed by atoms with van der Waals surface area (Å²) in [6.45, 7) is 4.67. The summed E-state index contributed by atoms with van der Waals surface area (Å²) in [7, 11) is 1.90. The number of hydrogen-bond acceptors (Lipinski definition) is 5. The summed E-state index contributed by atoms with van der Waals surface area (Å²) in [5.74, 6) is 1.06. The summed E-state index contributed by atoms with van der Waals surface area (Å²) in [5, 5.41) is 3.77. The molecule has 12 heavy (non-hydrogen) atoms. The molecule has 1 rings (SSSR count). The zero-order valence-corrected chi connectivity index (χ0v) is 7.61. The monoisotopic (exact) mass is 170 g/mol. The van der Waals surface area contributed by atoms with Gasteiger partial charge in [0.15, 0.2) is 0 Å². The number of rotatable bonds is 3. The van der Waals surface area contributed by atoms with E-state index in [1.54, 1.807) is 0 Å². The molecule has 0 aromatic carbocycles. The van der Waals surface area contributed by atoms with Crippen LogP contribution in [0.15, 0.2) is 4.52 Å². The minimum atomic E-state index is -0.198. The van der Waals surface area contributed by atoms with Gasteiger partial charge in [0.25, 0.3) is 5.95 Å². The van der Waals surface area contributed by atoms with Crippen molar-refractivity contribution in [3.8, 4) is 0 Å². The Morgan fingerprint density at radius 2 is 2.33 bits per heavy atom. The van der Waals surface area contributed by atoms with E-state index in [4.69, 9.17) is 10.3 Å². The number of nitrogens with zero attached hydrogens (tertiary/aromatic N) is 3. The zero-order chi connectivity index (χ0) is 9.14. The third-order valence-electron chi connectivity index (χ3n) is 1.64. The predicted molar refractivity (Wildman–Crippen MR) is 45.8 cm³/mol. The number of hydrogen-bond donors (Lipinski definition) is 1. The standard InChI is InChI=1S/C7H14N4O/c1-4-11(3)7-9-6(5(2)8)12-10-7/h5H,4,8H2,1-3H3/t5-/m0/s1. The van der Waals surface area contributed by atoms with Gasteiger partial charge in [-0.1, -0.05) is 0 Å². The van der Waals surface area contributed by atoms with Gasteiger partial charge in [0.2, 0.25) is 5.89 Å². The van der Waals surface area contributed by atoms with Gasteiger partial charge in [-0.15, -0.1) is 0 Å². The van der Waals surface area contributed by atoms with Crippen molar-refractivity contribution in [2.75, 3.05) is 18.5 Å². The molecule has 2 N–H and O–H groups in total. The topological polar surface area (TPSA) is 68.2 Å². The summed E-state index contributed by atoms with van der Waals surface area (Å²) in [4.78, 5) is 5.99. The van der Waals surface area contributed by atoms with Crippen LogP contribution >= 0.6 is 0 Å². The summed E-state index contributed by atoms with van der Waals surface area (Å²) in [6, 6.07) is -0.198. The van der Waals surface area contributed by atoms with Gasteiger partial charge in [0.05, 0.1) is 6.04 Å². The van der Waals surface area contributed by atoms with Crippen molar-refractivity contribution >= 4 is 5.95 Å². The molecule has 68 valence electrons. The molecule has 0 spiro atoms. The van der Waals surface area contributed by atoms with Crippen LogP contribution in [0.25, 0.3) is 0 Å². The van der Waals surface area contributed by atoms with Crippen LogP contribution < -0.4 is 10.6 Å². The molecule has 0 amide bonds. The van der Waals surface area contributed by atoms with Crippen molar-refractivity contribution in [1.29, 1.82) is 0 Å². The van der Waals surface area contributed by atoms with E-state index in [2.05, 4.69) is 10.1 Å². The highest BCUT2D eigenvalue weighted by Crippen LogP contribution is 2.11. The van der Waals surface area contributed by atoms with Gasteiger partial charge in [0, 0.05) is 13.6 Å². The third kappa shape index (κ3) is 1.73. The second-order valence-corrected chi connectivity index (χ2v) is 2.74. The van der Waals surface area contributed by atoms with Crippen LogP contribution in [0.1, 0.15) is 25.8 Å². The SMILES string of the molecule is CCN(C)c1noc([C@H](C)N)n1. The lowest BCUT2D eigenvalue weighted by atomic mass is 10.4. The Labute approximate surface area is 71.5 Å². The Hall–Kier alpha value is -1.10. The molecule has 1 aromatic rings. The normalized spacial score (nSPS) is 13.0. The molecular formula is C7H14N4O. The van der Waals surface area contributed by atoms with E-state index in [0.29, 0.717) is 11.8 Å². The van der Waals surface area contributed by atoms with E-state index in [1.807, 2.05) is 25.8 Å². The smallest absolute Gasteiger partial charge is 0.265 e. The Morgan fingerprint density at radius 3 is 2.75 bits per heavy atom. The molecule has 0 saturated heterocycles. The molecule has 0 unspecified atom stereocenters. The number of nitrogens with two attached hydrogens (primary N) is 1. The molecule has 5 heteroatoms. The van der Waals surface area contributed by atoms with Crippen LogP contribution in [0.4, 0.5) is 5.95 Å². The summed E-state index contributed by atoms with van der Waals surface area (Å²) in [5.41, 5.74) is 5.55. The van der Waals surface area contributed by atoms with Crippen molar-refractivity contribution in [2.45, 2.75) is 19.9 Å². The van der Waals surface area contributed by atoms with E-state index in [-0.39, 0.29) is 6.04 Å². The molecule has 1 aromatic heterocycles. The highest BCUT2D eigenvalue weighted by molar-refractivity contribution is 5.25. The summed E-state index contributed by atoms with van der Waals surface area (Å²) in [6.07, 6.45) is 0. The van der Waals surface area contributed by atoms with E-state index < -0.39 is 0 Å². The summed E-state index contributed by atoms with van der Waals surface area (Å²) < 4.78 is 4.92. The van der Waals surface area contributed by atoms with Crippen molar-refractivity contribution < 1.29 is 4.52 Å². The average Bonchev–Trinajstić information content (AvgIpc) is 2.51. The van der Waals surface area contributed by atoms with Gasteiger partial charge in [-0.3, -0.25) is 0 Å². The van der Waals surface area contributed by atoms with Crippen LogP contribution in [0, 0.1) is 0 Å². The first-order valence-corrected chi connectivity index (χ1v) is 3.95. The predicted octanol–water partition coefficient (Wildman–Crippen LogP) is 0.545. The van der Waals surface area contributed by atoms with Crippen LogP contribution in [-0.2, 0) is 0 Å². The second-order valence-electron chi connectivity index (χ2n) is 2.74. The molecule has 0 aliphatic heterocycles. The molecule has 0 aliphatic carbocycles. The molecule has 0 bridgehead atoms. The first-order valence-electron chi connectivity index (χ1n) is 3.95. The van der Waals surface area contributed by atoms with E-state index in [0.717, 1.165) is 6.54 Å². The maximum absolute atomic E-state index is 5.55. The summed E-state index contributed by atoms with van der Waals surface area (Å²) >= 11 is 0. The van der Waals surface area contributed by atoms with Crippen LogP contribution in [0.3, 0.4) is 0 Å². The molecule has 1 atom stereocenters. The van der Waals surface area contributed by atoms with Crippen molar-refractivity contribution in [3.05, 3.63) is 5.89 Å². The van der Waals surface area contributed by atoms with Gasteiger partial charge in [-0.05, 0) is 19.0 Å². The van der Waals surface area contributed by atoms with E-state index in [9.17, 15) is 0 Å². The minimum Gasteiger partial charge on any atom is -0.342 e. The van der Waals surface area contributed by atoms with Gasteiger partial charge in [-0.2, -0.15) is 4.98 Å². The largest absolute Gasteiger partial charge is 0.342 e. The van der Waals surface area contributed by atoms with Crippen molar-refractivity contribution in [2.24, 2.45) is 5.73 Å². The molecule has 1 heterocycles. The van der Waals surface area contributed by atoms with Gasteiger partial charge in [0.1, 0.15) is 0 Å². The van der Waals surface area contributed by atoms with E-state index >= 15 is 0 Å². The Morgan fingerprint density at radius 1 is 1.67 bits per heavy atom. The number of anilines is 1. The molecular weight excluding hydrogens is 156 g/mol. The van der Waals surface area contributed by atoms with Gasteiger partial charge < -0.3 is 15.2 Å². The molecule has 0 radical (unpaired) electrons. The Bertz CT molecular complexity index is 245. The molecule has 0 fully saturated rings. The average molecular weight is 170 g/mol. The van der Waals surface area contributed by atoms with Crippen LogP contribution in [0.2, 0.25) is 0 Å². The highest BCUT2D eigenvalue weighted by atomic mass is 16.5. The Kier molecular flexibility index (Phi) is 2.65. The van der Waals surface area contributed by atoms with Crippen LogP contribution in [-0.4, -0.2) is 23.7 Å². The maximum Gasteiger partial charge on any atom is 0.265 e. The fourth-order valence-corrected chi connectivity index (χ4v) is 0.708. The third-order valence-corrected chi connectivity index (χ3v) is 1.64. The lowest BCUT2D eigenvalue weighted by Gasteiger charge is -2.08. The Balaban J connectivity index is 2.77. The fourth-order valence-electron chi connectivity index (χ4n) is 0.708. The molecule has 0 saturated carbocycles. The molecule has 5 nitrogen and oxygen atoms in total. The fraction of sp³-hybridized carbons (Fsp3) is 0.714. The lowest BCUT2D eigenvalue weighted by molar-refractivity contribution is 0.361. The van der Waals surface area contributed by atoms with E-state index in [1.165, 1.54) is 0 Å². The zero-order valence-electron chi connectivity index (χ0n) is 7.61. The second kappa shape index (κ2) is 3.53. The number of aromatic nitrogens is 2. The van der Waals surface area contributed by atoms with Crippen molar-refractivity contribution in [3.63, 3.8) is 0 Å².